The maximum absolute atomic E-state index is 14.0. The van der Waals surface area contributed by atoms with Crippen molar-refractivity contribution in [1.29, 1.82) is 10.5 Å². The lowest BCUT2D eigenvalue weighted by Crippen LogP contribution is -2.48. The maximum atomic E-state index is 14.0. The van der Waals surface area contributed by atoms with Crippen molar-refractivity contribution < 1.29 is 13.2 Å². The Morgan fingerprint density at radius 3 is 2.56 bits per heavy atom. The lowest BCUT2D eigenvalue weighted by Gasteiger charge is -2.25. The van der Waals surface area contributed by atoms with Gasteiger partial charge in [0.2, 0.25) is 5.89 Å². The van der Waals surface area contributed by atoms with E-state index in [1.807, 2.05) is 31.2 Å². The second-order valence-electron chi connectivity index (χ2n) is 12.6. The summed E-state index contributed by atoms with van der Waals surface area (Å²) >= 11 is 0. The van der Waals surface area contributed by atoms with E-state index in [9.17, 15) is 19.3 Å². The van der Waals surface area contributed by atoms with E-state index in [-0.39, 0.29) is 5.41 Å². The number of nitrogens with one attached hydrogen (secondary N) is 4. The number of rotatable bonds is 9. The summed E-state index contributed by atoms with van der Waals surface area (Å²) in [5.74, 6) is 0.456. The van der Waals surface area contributed by atoms with Gasteiger partial charge in [-0.15, -0.1) is 5.53 Å². The van der Waals surface area contributed by atoms with Crippen molar-refractivity contribution in [3.05, 3.63) is 83.1 Å². The monoisotopic (exact) mass is 609 g/mol. The van der Waals surface area contributed by atoms with Crippen LogP contribution in [-0.4, -0.2) is 33.5 Å². The number of halogens is 2. The zero-order valence-corrected chi connectivity index (χ0v) is 25.4. The lowest BCUT2D eigenvalue weighted by molar-refractivity contribution is 0.00911. The minimum atomic E-state index is -2.52. The van der Waals surface area contributed by atoms with Gasteiger partial charge in [-0.25, -0.2) is 13.8 Å². The molecule has 0 unspecified atom stereocenters. The summed E-state index contributed by atoms with van der Waals surface area (Å²) in [6.45, 7) is 8.79. The van der Waals surface area contributed by atoms with E-state index in [0.29, 0.717) is 64.4 Å². The van der Waals surface area contributed by atoms with E-state index in [1.54, 1.807) is 18.5 Å². The van der Waals surface area contributed by atoms with E-state index >= 15 is 0 Å². The van der Waals surface area contributed by atoms with Gasteiger partial charge in [0.05, 0.1) is 40.3 Å². The molecule has 4 aromatic rings. The number of oxazole rings is 1. The van der Waals surface area contributed by atoms with Crippen LogP contribution in [0, 0.1) is 35.0 Å². The number of pyridine rings is 1. The SMILES string of the molecule is Cc1c(-c2ncco2)cccc1[C@H](Nc1cc(C#N)c2ncc(C#N)c(NCC(C)(C)C)c2c1)C1=CN(C2(C(F)F)CC2)NN1. The number of benzene rings is 2. The van der Waals surface area contributed by atoms with E-state index in [0.717, 1.165) is 16.7 Å². The first-order valence-corrected chi connectivity index (χ1v) is 14.6. The van der Waals surface area contributed by atoms with Gasteiger partial charge in [-0.2, -0.15) is 10.5 Å². The molecule has 0 saturated heterocycles. The highest BCUT2D eigenvalue weighted by Gasteiger charge is 2.56. The number of hydrogen-bond acceptors (Lipinski definition) is 10. The molecule has 1 aliphatic heterocycles. The number of fused-ring (bicyclic) bond motifs is 1. The lowest BCUT2D eigenvalue weighted by atomic mass is 9.94. The van der Waals surface area contributed by atoms with Crippen LogP contribution in [0.5, 0.6) is 0 Å². The molecular weight excluding hydrogens is 576 g/mol. The summed E-state index contributed by atoms with van der Waals surface area (Å²) in [5.41, 5.74) is 10.1. The Morgan fingerprint density at radius 2 is 1.91 bits per heavy atom. The number of nitrogens with zero attached hydrogens (tertiary/aromatic N) is 5. The molecule has 1 saturated carbocycles. The molecule has 230 valence electrons. The quantitative estimate of drug-likeness (QED) is 0.166. The first-order valence-electron chi connectivity index (χ1n) is 14.6. The van der Waals surface area contributed by atoms with E-state index in [4.69, 9.17) is 4.42 Å². The molecule has 0 radical (unpaired) electrons. The van der Waals surface area contributed by atoms with Crippen LogP contribution in [0.15, 0.2) is 65.3 Å². The second kappa shape index (κ2) is 11.4. The largest absolute Gasteiger partial charge is 0.445 e. The molecule has 3 heterocycles. The molecule has 1 aliphatic carbocycles. The van der Waals surface area contributed by atoms with Crippen LogP contribution >= 0.6 is 0 Å². The first-order chi connectivity index (χ1) is 21.5. The van der Waals surface area contributed by atoms with Crippen molar-refractivity contribution in [1.82, 2.24) is 25.9 Å². The fourth-order valence-electron chi connectivity index (χ4n) is 5.55. The molecule has 0 spiro atoms. The summed E-state index contributed by atoms with van der Waals surface area (Å²) in [6, 6.07) is 13.2. The smallest absolute Gasteiger partial charge is 0.262 e. The van der Waals surface area contributed by atoms with Crippen LogP contribution in [0.4, 0.5) is 20.2 Å². The van der Waals surface area contributed by atoms with Crippen molar-refractivity contribution in [2.75, 3.05) is 17.2 Å². The Hall–Kier alpha value is -5.20. The molecule has 45 heavy (non-hydrogen) atoms. The topological polar surface area (TPSA) is 138 Å². The Balaban J connectivity index is 1.48. The highest BCUT2D eigenvalue weighted by molar-refractivity contribution is 5.99. The number of hydrogen-bond donors (Lipinski definition) is 4. The van der Waals surface area contributed by atoms with Crippen molar-refractivity contribution in [2.24, 2.45) is 5.41 Å². The van der Waals surface area contributed by atoms with Gasteiger partial charge < -0.3 is 20.5 Å². The molecule has 2 aromatic heterocycles. The fraction of sp³-hybridized carbons (Fsp3) is 0.333. The number of anilines is 2. The van der Waals surface area contributed by atoms with Gasteiger partial charge in [-0.05, 0) is 54.5 Å². The van der Waals surface area contributed by atoms with Gasteiger partial charge in [-0.3, -0.25) is 9.99 Å². The fourth-order valence-corrected chi connectivity index (χ4v) is 5.55. The van der Waals surface area contributed by atoms with E-state index < -0.39 is 18.0 Å². The molecule has 4 N–H and O–H groups in total. The normalized spacial score (nSPS) is 16.1. The molecule has 0 bridgehead atoms. The molecule has 12 heteroatoms. The minimum Gasteiger partial charge on any atom is -0.445 e. The standard InChI is InChI=1S/C33H33F2N9O/c1-19-23(6-5-7-24(19)30-38-10-11-45-30)29(26-17-44(43-42-26)33(8-9-33)31(34)35)41-22-12-20(14-36)27-25(13-22)28(21(15-37)16-39-27)40-18-32(2,3)4/h5-7,10-13,16-17,29,31,41-43H,8-9,18H2,1-4H3,(H,39,40)/t29-/m0/s1. The summed E-state index contributed by atoms with van der Waals surface area (Å²) in [4.78, 5) is 8.78. The predicted molar refractivity (Wildman–Crippen MR) is 166 cm³/mol. The molecule has 6 rings (SSSR count). The Bertz CT molecular complexity index is 1860. The van der Waals surface area contributed by atoms with E-state index in [2.05, 4.69) is 64.5 Å². The number of nitriles is 2. The Labute approximate surface area is 259 Å². The average Bonchev–Trinajstić information content (AvgIpc) is 3.39. The third-order valence-corrected chi connectivity index (χ3v) is 8.22. The van der Waals surface area contributed by atoms with Crippen molar-refractivity contribution in [3.8, 4) is 23.6 Å². The molecule has 10 nitrogen and oxygen atoms in total. The van der Waals surface area contributed by atoms with Crippen molar-refractivity contribution >= 4 is 22.3 Å². The number of alkyl halides is 2. The van der Waals surface area contributed by atoms with Crippen LogP contribution in [-0.2, 0) is 0 Å². The zero-order chi connectivity index (χ0) is 31.9. The van der Waals surface area contributed by atoms with Gasteiger partial charge >= 0.3 is 0 Å². The summed E-state index contributed by atoms with van der Waals surface area (Å²) < 4.78 is 33.7. The second-order valence-corrected chi connectivity index (χ2v) is 12.6. The number of hydrazine groups is 2. The van der Waals surface area contributed by atoms with Crippen LogP contribution in [0.3, 0.4) is 0 Å². The van der Waals surface area contributed by atoms with Crippen LogP contribution in [0.25, 0.3) is 22.4 Å². The van der Waals surface area contributed by atoms with Gasteiger partial charge in [0, 0.05) is 35.6 Å². The molecule has 2 aromatic carbocycles. The van der Waals surface area contributed by atoms with Gasteiger partial charge in [0.25, 0.3) is 6.43 Å². The van der Waals surface area contributed by atoms with E-state index in [1.165, 1.54) is 17.5 Å². The molecule has 0 amide bonds. The van der Waals surface area contributed by atoms with Crippen LogP contribution < -0.4 is 21.6 Å². The summed E-state index contributed by atoms with van der Waals surface area (Å²) in [7, 11) is 0. The van der Waals surface area contributed by atoms with Gasteiger partial charge in [0.1, 0.15) is 23.9 Å². The van der Waals surface area contributed by atoms with Crippen molar-refractivity contribution in [2.45, 2.75) is 58.5 Å². The third kappa shape index (κ3) is 5.61. The predicted octanol–water partition coefficient (Wildman–Crippen LogP) is 6.52. The summed E-state index contributed by atoms with van der Waals surface area (Å²) in [5, 5.41) is 29.1. The molecular formula is C33H33F2N9O. The molecule has 2 aliphatic rings. The maximum Gasteiger partial charge on any atom is 0.262 e. The Morgan fingerprint density at radius 1 is 1.13 bits per heavy atom. The highest BCUT2D eigenvalue weighted by Crippen LogP contribution is 2.47. The number of aromatic nitrogens is 2. The average molecular weight is 610 g/mol. The van der Waals surface area contributed by atoms with Crippen LogP contribution in [0.2, 0.25) is 0 Å². The minimum absolute atomic E-state index is 0.0800. The Kier molecular flexibility index (Phi) is 7.55. The first kappa shape index (κ1) is 29.9. The van der Waals surface area contributed by atoms with Gasteiger partial charge in [-0.1, -0.05) is 32.9 Å². The zero-order valence-electron chi connectivity index (χ0n) is 25.4. The van der Waals surface area contributed by atoms with Gasteiger partial charge in [0.15, 0.2) is 0 Å². The highest BCUT2D eigenvalue weighted by atomic mass is 19.3. The van der Waals surface area contributed by atoms with Crippen LogP contribution in [0.1, 0.15) is 61.9 Å². The van der Waals surface area contributed by atoms with Crippen molar-refractivity contribution in [3.63, 3.8) is 0 Å². The molecule has 1 fully saturated rings. The summed E-state index contributed by atoms with van der Waals surface area (Å²) in [6.07, 6.45) is 4.45. The third-order valence-electron chi connectivity index (χ3n) is 8.22. The molecule has 1 atom stereocenters.